The number of halogens is 2. The second-order valence-electron chi connectivity index (χ2n) is 6.11. The summed E-state index contributed by atoms with van der Waals surface area (Å²) < 4.78 is 18.5. The lowest BCUT2D eigenvalue weighted by Gasteiger charge is -2.18. The Bertz CT molecular complexity index is 843. The minimum atomic E-state index is -0.552. The van der Waals surface area contributed by atoms with Gasteiger partial charge in [0, 0.05) is 30.8 Å². The molecule has 1 atom stereocenters. The zero-order chi connectivity index (χ0) is 18.7. The normalized spacial score (nSPS) is 16.7. The average molecular weight is 377 g/mol. The van der Waals surface area contributed by atoms with E-state index in [1.807, 2.05) is 24.3 Å². The monoisotopic (exact) mass is 376 g/mol. The standard InChI is InChI=1S/C19H18ClFN2O3/c1-26-17-5-3-2-4-12(17)10-23-11-13(8-18(23)24)19(25)22-14-6-7-16(21)15(20)9-14/h2-7,9,13H,8,10-11H2,1H3,(H,22,25). The number of nitrogens with one attached hydrogen (secondary N) is 1. The van der Waals surface area contributed by atoms with Gasteiger partial charge in [-0.15, -0.1) is 0 Å². The van der Waals surface area contributed by atoms with Crippen LogP contribution >= 0.6 is 11.6 Å². The van der Waals surface area contributed by atoms with Crippen LogP contribution in [0.15, 0.2) is 42.5 Å². The van der Waals surface area contributed by atoms with Gasteiger partial charge in [-0.1, -0.05) is 29.8 Å². The molecule has 26 heavy (non-hydrogen) atoms. The third-order valence-corrected chi connectivity index (χ3v) is 4.62. The maximum Gasteiger partial charge on any atom is 0.229 e. The molecule has 0 bridgehead atoms. The van der Waals surface area contributed by atoms with Crippen molar-refractivity contribution in [3.63, 3.8) is 0 Å². The molecule has 0 aromatic heterocycles. The molecule has 1 fully saturated rings. The molecule has 0 spiro atoms. The van der Waals surface area contributed by atoms with Gasteiger partial charge in [0.2, 0.25) is 11.8 Å². The van der Waals surface area contributed by atoms with Gasteiger partial charge in [0.15, 0.2) is 0 Å². The van der Waals surface area contributed by atoms with Crippen LogP contribution in [-0.4, -0.2) is 30.4 Å². The van der Waals surface area contributed by atoms with Crippen LogP contribution in [0.1, 0.15) is 12.0 Å². The van der Waals surface area contributed by atoms with Crippen molar-refractivity contribution < 1.29 is 18.7 Å². The first-order chi connectivity index (χ1) is 12.5. The highest BCUT2D eigenvalue weighted by Crippen LogP contribution is 2.26. The van der Waals surface area contributed by atoms with E-state index < -0.39 is 11.7 Å². The summed E-state index contributed by atoms with van der Waals surface area (Å²) >= 11 is 5.72. The number of benzene rings is 2. The van der Waals surface area contributed by atoms with Gasteiger partial charge in [-0.25, -0.2) is 4.39 Å². The molecule has 1 unspecified atom stereocenters. The first-order valence-corrected chi connectivity index (χ1v) is 8.51. The maximum atomic E-state index is 13.2. The van der Waals surface area contributed by atoms with Crippen LogP contribution in [0.3, 0.4) is 0 Å². The number of anilines is 1. The highest BCUT2D eigenvalue weighted by Gasteiger charge is 2.34. The van der Waals surface area contributed by atoms with Gasteiger partial charge in [0.1, 0.15) is 11.6 Å². The fraction of sp³-hybridized carbons (Fsp3) is 0.263. The van der Waals surface area contributed by atoms with E-state index in [1.54, 1.807) is 12.0 Å². The van der Waals surface area contributed by atoms with Crippen LogP contribution in [0.5, 0.6) is 5.75 Å². The molecule has 0 saturated carbocycles. The second kappa shape index (κ2) is 7.74. The lowest BCUT2D eigenvalue weighted by atomic mass is 10.1. The van der Waals surface area contributed by atoms with Gasteiger partial charge in [-0.3, -0.25) is 9.59 Å². The van der Waals surface area contributed by atoms with Gasteiger partial charge >= 0.3 is 0 Å². The van der Waals surface area contributed by atoms with E-state index in [-0.39, 0.29) is 23.3 Å². The molecule has 1 heterocycles. The summed E-state index contributed by atoms with van der Waals surface area (Å²) in [7, 11) is 1.58. The first-order valence-electron chi connectivity index (χ1n) is 8.13. The van der Waals surface area contributed by atoms with Crippen LogP contribution in [0.2, 0.25) is 5.02 Å². The van der Waals surface area contributed by atoms with E-state index >= 15 is 0 Å². The molecule has 2 amide bonds. The van der Waals surface area contributed by atoms with Crippen LogP contribution in [0.4, 0.5) is 10.1 Å². The van der Waals surface area contributed by atoms with Crippen molar-refractivity contribution >= 4 is 29.1 Å². The molecular formula is C19H18ClFN2O3. The Hall–Kier alpha value is -2.60. The molecule has 2 aromatic carbocycles. The average Bonchev–Trinajstić information content (AvgIpc) is 2.99. The van der Waals surface area contributed by atoms with Crippen molar-refractivity contribution in [3.8, 4) is 5.75 Å². The number of carbonyl (C=O) groups is 2. The first kappa shape index (κ1) is 18.2. The SMILES string of the molecule is COc1ccccc1CN1CC(C(=O)Nc2ccc(F)c(Cl)c2)CC1=O. The van der Waals surface area contributed by atoms with Crippen LogP contribution in [0, 0.1) is 11.7 Å². The summed E-state index contributed by atoms with van der Waals surface area (Å²) in [5.74, 6) is -0.698. The van der Waals surface area contributed by atoms with Crippen molar-refractivity contribution in [3.05, 3.63) is 58.9 Å². The number of likely N-dealkylation sites (tertiary alicyclic amines) is 1. The predicted molar refractivity (Wildman–Crippen MR) is 96.6 cm³/mol. The minimum absolute atomic E-state index is 0.0666. The van der Waals surface area contributed by atoms with E-state index in [9.17, 15) is 14.0 Å². The summed E-state index contributed by atoms with van der Waals surface area (Å²) in [4.78, 5) is 26.3. The Morgan fingerprint density at radius 3 is 2.85 bits per heavy atom. The minimum Gasteiger partial charge on any atom is -0.496 e. The zero-order valence-electron chi connectivity index (χ0n) is 14.2. The fourth-order valence-electron chi connectivity index (χ4n) is 2.96. The van der Waals surface area contributed by atoms with Gasteiger partial charge in [-0.2, -0.15) is 0 Å². The quantitative estimate of drug-likeness (QED) is 0.869. The number of hydrogen-bond acceptors (Lipinski definition) is 3. The van der Waals surface area contributed by atoms with Crippen molar-refractivity contribution in [1.29, 1.82) is 0 Å². The number of rotatable bonds is 5. The fourth-order valence-corrected chi connectivity index (χ4v) is 3.14. The third-order valence-electron chi connectivity index (χ3n) is 4.33. The molecule has 1 N–H and O–H groups in total. The predicted octanol–water partition coefficient (Wildman–Crippen LogP) is 3.47. The van der Waals surface area contributed by atoms with Crippen molar-refractivity contribution in [2.24, 2.45) is 5.92 Å². The lowest BCUT2D eigenvalue weighted by molar-refractivity contribution is -0.128. The van der Waals surface area contributed by atoms with E-state index in [2.05, 4.69) is 5.32 Å². The molecule has 1 saturated heterocycles. The van der Waals surface area contributed by atoms with Crippen LogP contribution < -0.4 is 10.1 Å². The van der Waals surface area contributed by atoms with Crippen molar-refractivity contribution in [2.45, 2.75) is 13.0 Å². The van der Waals surface area contributed by atoms with Crippen molar-refractivity contribution in [1.82, 2.24) is 4.90 Å². The van der Waals surface area contributed by atoms with E-state index in [1.165, 1.54) is 18.2 Å². The highest BCUT2D eigenvalue weighted by molar-refractivity contribution is 6.31. The largest absolute Gasteiger partial charge is 0.496 e. The van der Waals surface area contributed by atoms with Gasteiger partial charge < -0.3 is 15.0 Å². The van der Waals surface area contributed by atoms with Crippen LogP contribution in [0.25, 0.3) is 0 Å². The highest BCUT2D eigenvalue weighted by atomic mass is 35.5. The van der Waals surface area contributed by atoms with Crippen molar-refractivity contribution in [2.75, 3.05) is 19.0 Å². The number of carbonyl (C=O) groups excluding carboxylic acids is 2. The summed E-state index contributed by atoms with van der Waals surface area (Å²) in [6.45, 7) is 0.701. The van der Waals surface area contributed by atoms with E-state index in [0.29, 0.717) is 24.5 Å². The Morgan fingerprint density at radius 2 is 2.12 bits per heavy atom. The Morgan fingerprint density at radius 1 is 1.35 bits per heavy atom. The molecule has 0 radical (unpaired) electrons. The van der Waals surface area contributed by atoms with Gasteiger partial charge in [-0.05, 0) is 24.3 Å². The Labute approximate surface area is 155 Å². The Balaban J connectivity index is 1.65. The van der Waals surface area contributed by atoms with Gasteiger partial charge in [0.05, 0.1) is 18.1 Å². The molecule has 3 rings (SSSR count). The number of hydrogen-bond donors (Lipinski definition) is 1. The molecule has 136 valence electrons. The summed E-state index contributed by atoms with van der Waals surface area (Å²) in [5, 5.41) is 2.62. The summed E-state index contributed by atoms with van der Waals surface area (Å²) in [6.07, 6.45) is 0.135. The van der Waals surface area contributed by atoms with Crippen LogP contribution in [-0.2, 0) is 16.1 Å². The molecule has 0 aliphatic carbocycles. The molecule has 1 aliphatic rings. The Kier molecular flexibility index (Phi) is 5.42. The third kappa shape index (κ3) is 3.96. The zero-order valence-corrected chi connectivity index (χ0v) is 14.9. The number of nitrogens with zero attached hydrogens (tertiary/aromatic N) is 1. The van der Waals surface area contributed by atoms with Gasteiger partial charge in [0.25, 0.3) is 0 Å². The summed E-state index contributed by atoms with van der Waals surface area (Å²) in [5.41, 5.74) is 1.28. The molecule has 1 aliphatic heterocycles. The summed E-state index contributed by atoms with van der Waals surface area (Å²) in [6, 6.07) is 11.4. The maximum absolute atomic E-state index is 13.2. The number of para-hydroxylation sites is 1. The molecule has 2 aromatic rings. The smallest absolute Gasteiger partial charge is 0.229 e. The number of methoxy groups -OCH3 is 1. The topological polar surface area (TPSA) is 58.6 Å². The lowest BCUT2D eigenvalue weighted by Crippen LogP contribution is -2.28. The van der Waals surface area contributed by atoms with E-state index in [0.717, 1.165) is 5.56 Å². The molecule has 5 nitrogen and oxygen atoms in total. The molecule has 7 heteroatoms. The second-order valence-corrected chi connectivity index (χ2v) is 6.51. The number of ether oxygens (including phenoxy) is 1. The van der Waals surface area contributed by atoms with E-state index in [4.69, 9.17) is 16.3 Å². The number of amides is 2. The molecular weight excluding hydrogens is 359 g/mol.